The molecule has 0 unspecified atom stereocenters. The number of aliphatic hydroxyl groups excluding tert-OH is 1. The minimum Gasteiger partial charge on any atom is -0.456 e. The largest absolute Gasteiger partial charge is 0.456 e. The molecule has 0 aliphatic rings. The zero-order chi connectivity index (χ0) is 14.5. The Morgan fingerprint density at radius 2 is 1.95 bits per heavy atom. The maximum absolute atomic E-state index is 10.6. The molecular weight excluding hydrogens is 282 g/mol. The molecule has 6 heteroatoms. The highest BCUT2D eigenvalue weighted by molar-refractivity contribution is 6.32. The van der Waals surface area contributed by atoms with E-state index in [0.29, 0.717) is 17.9 Å². The van der Waals surface area contributed by atoms with Crippen molar-refractivity contribution in [1.29, 1.82) is 0 Å². The summed E-state index contributed by atoms with van der Waals surface area (Å²) in [6.45, 7) is 0.00830. The minimum atomic E-state index is -0.518. The van der Waals surface area contributed by atoms with Crippen LogP contribution in [0.4, 0.5) is 5.69 Å². The summed E-state index contributed by atoms with van der Waals surface area (Å²) in [5.41, 5.74) is 0.746. The van der Waals surface area contributed by atoms with E-state index >= 15 is 0 Å². The van der Waals surface area contributed by atoms with Gasteiger partial charge in [-0.3, -0.25) is 10.1 Å². The van der Waals surface area contributed by atoms with Gasteiger partial charge in [0.05, 0.1) is 9.95 Å². The number of hydrogen-bond donors (Lipinski definition) is 1. The number of aliphatic hydroxyl groups is 1. The SMILES string of the molecule is O=[N+]([O-])c1ccc(Oc2ccccc2CCO)c(Cl)c1. The van der Waals surface area contributed by atoms with Crippen LogP contribution >= 0.6 is 11.6 Å². The Morgan fingerprint density at radius 3 is 2.60 bits per heavy atom. The number of benzene rings is 2. The number of para-hydroxylation sites is 1. The average Bonchev–Trinajstić information content (AvgIpc) is 2.43. The smallest absolute Gasteiger partial charge is 0.271 e. The van der Waals surface area contributed by atoms with Crippen LogP contribution in [-0.2, 0) is 6.42 Å². The van der Waals surface area contributed by atoms with Crippen LogP contribution in [0.1, 0.15) is 5.56 Å². The van der Waals surface area contributed by atoms with Crippen molar-refractivity contribution < 1.29 is 14.8 Å². The molecule has 2 rings (SSSR count). The van der Waals surface area contributed by atoms with Crippen LogP contribution < -0.4 is 4.74 Å². The normalized spacial score (nSPS) is 10.3. The van der Waals surface area contributed by atoms with Crippen LogP contribution in [0.5, 0.6) is 11.5 Å². The summed E-state index contributed by atoms with van der Waals surface area (Å²) in [7, 11) is 0. The van der Waals surface area contributed by atoms with Crippen LogP contribution in [-0.4, -0.2) is 16.6 Å². The molecule has 0 saturated carbocycles. The fourth-order valence-electron chi connectivity index (χ4n) is 1.73. The zero-order valence-electron chi connectivity index (χ0n) is 10.5. The fraction of sp³-hybridized carbons (Fsp3) is 0.143. The van der Waals surface area contributed by atoms with Crippen molar-refractivity contribution >= 4 is 17.3 Å². The third kappa shape index (κ3) is 3.26. The van der Waals surface area contributed by atoms with Gasteiger partial charge >= 0.3 is 0 Å². The van der Waals surface area contributed by atoms with Crippen LogP contribution in [0.25, 0.3) is 0 Å². The molecule has 0 saturated heterocycles. The van der Waals surface area contributed by atoms with E-state index in [2.05, 4.69) is 0 Å². The molecule has 0 aliphatic carbocycles. The number of non-ortho nitro benzene ring substituents is 1. The molecule has 5 nitrogen and oxygen atoms in total. The quantitative estimate of drug-likeness (QED) is 0.675. The molecular formula is C14H12ClNO4. The second-order valence-corrected chi connectivity index (χ2v) is 4.46. The molecule has 0 atom stereocenters. The van der Waals surface area contributed by atoms with Crippen LogP contribution in [0.3, 0.4) is 0 Å². The lowest BCUT2D eigenvalue weighted by Crippen LogP contribution is -1.96. The second-order valence-electron chi connectivity index (χ2n) is 4.06. The van der Waals surface area contributed by atoms with Crippen molar-refractivity contribution in [3.8, 4) is 11.5 Å². The maximum Gasteiger partial charge on any atom is 0.271 e. The van der Waals surface area contributed by atoms with E-state index in [0.717, 1.165) is 5.56 Å². The van der Waals surface area contributed by atoms with E-state index in [4.69, 9.17) is 21.4 Å². The Morgan fingerprint density at radius 1 is 1.20 bits per heavy atom. The van der Waals surface area contributed by atoms with Gasteiger partial charge in [0.2, 0.25) is 0 Å². The lowest BCUT2D eigenvalue weighted by Gasteiger charge is -2.11. The highest BCUT2D eigenvalue weighted by atomic mass is 35.5. The van der Waals surface area contributed by atoms with Gasteiger partial charge in [0.1, 0.15) is 11.5 Å². The first-order valence-electron chi connectivity index (χ1n) is 5.92. The minimum absolute atomic E-state index is 0.00830. The predicted octanol–water partition coefficient (Wildman–Crippen LogP) is 3.58. The lowest BCUT2D eigenvalue weighted by atomic mass is 10.1. The number of nitro benzene ring substituents is 1. The van der Waals surface area contributed by atoms with Gasteiger partial charge in [0.15, 0.2) is 0 Å². The summed E-state index contributed by atoms with van der Waals surface area (Å²) < 4.78 is 5.66. The molecule has 2 aromatic rings. The summed E-state index contributed by atoms with van der Waals surface area (Å²) >= 11 is 5.97. The molecule has 0 heterocycles. The molecule has 1 N–H and O–H groups in total. The van der Waals surface area contributed by atoms with Crippen LogP contribution in [0.2, 0.25) is 5.02 Å². The molecule has 0 bridgehead atoms. The van der Waals surface area contributed by atoms with E-state index in [1.54, 1.807) is 12.1 Å². The number of ether oxygens (including phenoxy) is 1. The van der Waals surface area contributed by atoms with Gasteiger partial charge in [-0.15, -0.1) is 0 Å². The van der Waals surface area contributed by atoms with Gasteiger partial charge in [-0.25, -0.2) is 0 Å². The van der Waals surface area contributed by atoms with Crippen molar-refractivity contribution in [2.45, 2.75) is 6.42 Å². The summed E-state index contributed by atoms with van der Waals surface area (Å²) in [6.07, 6.45) is 0.459. The van der Waals surface area contributed by atoms with Crippen LogP contribution in [0, 0.1) is 10.1 Å². The monoisotopic (exact) mass is 293 g/mol. The highest BCUT2D eigenvalue weighted by Crippen LogP contribution is 2.33. The molecule has 0 aromatic heterocycles. The van der Waals surface area contributed by atoms with E-state index in [1.165, 1.54) is 18.2 Å². The highest BCUT2D eigenvalue weighted by Gasteiger charge is 2.12. The van der Waals surface area contributed by atoms with E-state index in [-0.39, 0.29) is 17.3 Å². The van der Waals surface area contributed by atoms with Crippen molar-refractivity contribution in [2.24, 2.45) is 0 Å². The topological polar surface area (TPSA) is 72.6 Å². The van der Waals surface area contributed by atoms with Gasteiger partial charge in [-0.1, -0.05) is 29.8 Å². The average molecular weight is 294 g/mol. The molecule has 0 amide bonds. The number of rotatable bonds is 5. The Balaban J connectivity index is 2.28. The van der Waals surface area contributed by atoms with Crippen molar-refractivity contribution in [2.75, 3.05) is 6.61 Å². The Labute approximate surface area is 120 Å². The molecule has 0 fully saturated rings. The molecule has 104 valence electrons. The van der Waals surface area contributed by atoms with Gasteiger partial charge in [0, 0.05) is 18.7 Å². The zero-order valence-corrected chi connectivity index (χ0v) is 11.2. The third-order valence-corrected chi connectivity index (χ3v) is 3.00. The standard InChI is InChI=1S/C14H12ClNO4/c15-12-9-11(16(18)19)5-6-14(12)20-13-4-2-1-3-10(13)7-8-17/h1-6,9,17H,7-8H2. The fourth-order valence-corrected chi connectivity index (χ4v) is 1.95. The maximum atomic E-state index is 10.6. The van der Waals surface area contributed by atoms with Crippen molar-refractivity contribution in [1.82, 2.24) is 0 Å². The van der Waals surface area contributed by atoms with E-state index in [9.17, 15) is 10.1 Å². The molecule has 0 aliphatic heterocycles. The predicted molar refractivity (Wildman–Crippen MR) is 75.4 cm³/mol. The molecule has 0 radical (unpaired) electrons. The summed E-state index contributed by atoms with van der Waals surface area (Å²) in [6, 6.07) is 11.3. The molecule has 20 heavy (non-hydrogen) atoms. The van der Waals surface area contributed by atoms with Crippen molar-refractivity contribution in [3.63, 3.8) is 0 Å². The third-order valence-electron chi connectivity index (χ3n) is 2.70. The Bertz CT molecular complexity index is 630. The van der Waals surface area contributed by atoms with E-state index in [1.807, 2.05) is 12.1 Å². The Hall–Kier alpha value is -2.11. The summed E-state index contributed by atoms with van der Waals surface area (Å²) in [5.74, 6) is 0.903. The first kappa shape index (κ1) is 14.3. The first-order valence-corrected chi connectivity index (χ1v) is 6.30. The van der Waals surface area contributed by atoms with Gasteiger partial charge in [-0.05, 0) is 24.1 Å². The van der Waals surface area contributed by atoms with Crippen molar-refractivity contribution in [3.05, 3.63) is 63.2 Å². The van der Waals surface area contributed by atoms with Gasteiger partial charge < -0.3 is 9.84 Å². The summed E-state index contributed by atoms with van der Waals surface area (Å²) in [4.78, 5) is 10.1. The summed E-state index contributed by atoms with van der Waals surface area (Å²) in [5, 5.41) is 19.8. The Kier molecular flexibility index (Phi) is 4.55. The number of nitro groups is 1. The van der Waals surface area contributed by atoms with E-state index < -0.39 is 4.92 Å². The second kappa shape index (κ2) is 6.36. The lowest BCUT2D eigenvalue weighted by molar-refractivity contribution is -0.384. The first-order chi connectivity index (χ1) is 9.61. The van der Waals surface area contributed by atoms with Crippen LogP contribution in [0.15, 0.2) is 42.5 Å². The molecule has 2 aromatic carbocycles. The number of halogens is 1. The van der Waals surface area contributed by atoms with Gasteiger partial charge in [0.25, 0.3) is 5.69 Å². The number of hydrogen-bond acceptors (Lipinski definition) is 4. The molecule has 0 spiro atoms. The number of nitrogens with zero attached hydrogens (tertiary/aromatic N) is 1. The van der Waals surface area contributed by atoms with Gasteiger partial charge in [-0.2, -0.15) is 0 Å².